The van der Waals surface area contributed by atoms with Crippen molar-refractivity contribution < 1.29 is 14.3 Å². The maximum atomic E-state index is 13.2. The molecule has 2 amide bonds. The van der Waals surface area contributed by atoms with E-state index >= 15 is 0 Å². The molecular formula is C25H31N3O3. The molecule has 1 aromatic carbocycles. The molecule has 31 heavy (non-hydrogen) atoms. The summed E-state index contributed by atoms with van der Waals surface area (Å²) in [5.41, 5.74) is 3.01. The van der Waals surface area contributed by atoms with Gasteiger partial charge < -0.3 is 19.9 Å². The van der Waals surface area contributed by atoms with Gasteiger partial charge in [-0.05, 0) is 55.6 Å². The number of nitrogens with one attached hydrogen (secondary N) is 2. The van der Waals surface area contributed by atoms with Gasteiger partial charge in [-0.15, -0.1) is 0 Å². The Labute approximate surface area is 183 Å². The van der Waals surface area contributed by atoms with Crippen LogP contribution in [-0.2, 0) is 17.9 Å². The Morgan fingerprint density at radius 1 is 1.06 bits per heavy atom. The molecule has 1 aromatic heterocycles. The Hall–Kier alpha value is -2.60. The fourth-order valence-corrected chi connectivity index (χ4v) is 4.81. The number of rotatable bonds is 8. The Kier molecular flexibility index (Phi) is 5.57. The van der Waals surface area contributed by atoms with E-state index in [1.54, 1.807) is 6.07 Å². The first-order valence-electron chi connectivity index (χ1n) is 11.6. The van der Waals surface area contributed by atoms with E-state index in [0.717, 1.165) is 17.7 Å². The van der Waals surface area contributed by atoms with Gasteiger partial charge in [0, 0.05) is 12.6 Å². The smallest absolute Gasteiger partial charge is 0.268 e. The number of hydrogen-bond acceptors (Lipinski definition) is 3. The third-order valence-corrected chi connectivity index (χ3v) is 6.86. The number of carbonyl (C=O) groups excluding carboxylic acids is 2. The van der Waals surface area contributed by atoms with Gasteiger partial charge in [0.05, 0.1) is 30.5 Å². The molecule has 0 saturated heterocycles. The SMILES string of the molecule is CC[C@@H](NC(=O)c1cc(C(=O)NC(C2CC2)C2CC2)n2c1COCC2)c1ccccc1. The number of ether oxygens (including phenoxy) is 1. The number of nitrogens with zero attached hydrogens (tertiary/aromatic N) is 1. The quantitative estimate of drug-likeness (QED) is 0.681. The number of amides is 2. The summed E-state index contributed by atoms with van der Waals surface area (Å²) in [7, 11) is 0. The van der Waals surface area contributed by atoms with Crippen LogP contribution in [0.3, 0.4) is 0 Å². The third-order valence-electron chi connectivity index (χ3n) is 6.86. The van der Waals surface area contributed by atoms with Crippen LogP contribution in [0.15, 0.2) is 36.4 Å². The zero-order chi connectivity index (χ0) is 21.4. The van der Waals surface area contributed by atoms with Gasteiger partial charge >= 0.3 is 0 Å². The standard InChI is InChI=1S/C25H31N3O3/c1-2-20(16-6-4-3-5-7-16)26-24(29)19-14-21(28-12-13-31-15-22(19)28)25(30)27-23(17-8-9-17)18-10-11-18/h3-7,14,17-18,20,23H,2,8-13,15H2,1H3,(H,26,29)(H,27,30)/t20-/m1/s1. The van der Waals surface area contributed by atoms with Crippen LogP contribution in [0.1, 0.15) is 77.2 Å². The molecule has 2 aliphatic carbocycles. The van der Waals surface area contributed by atoms with E-state index in [2.05, 4.69) is 17.6 Å². The molecule has 2 aromatic rings. The van der Waals surface area contributed by atoms with Crippen LogP contribution in [-0.4, -0.2) is 29.0 Å². The second-order valence-corrected chi connectivity index (χ2v) is 9.11. The molecule has 6 nitrogen and oxygen atoms in total. The minimum atomic E-state index is -0.148. The van der Waals surface area contributed by atoms with Crippen molar-refractivity contribution in [2.45, 2.75) is 64.3 Å². The maximum Gasteiger partial charge on any atom is 0.268 e. The topological polar surface area (TPSA) is 72.4 Å². The molecular weight excluding hydrogens is 390 g/mol. The summed E-state index contributed by atoms with van der Waals surface area (Å²) >= 11 is 0. The summed E-state index contributed by atoms with van der Waals surface area (Å²) in [5, 5.41) is 6.46. The second-order valence-electron chi connectivity index (χ2n) is 9.11. The van der Waals surface area contributed by atoms with Crippen LogP contribution >= 0.6 is 0 Å². The normalized spacial score (nSPS) is 19.0. The highest BCUT2D eigenvalue weighted by molar-refractivity contribution is 6.01. The Bertz CT molecular complexity index is 948. The lowest BCUT2D eigenvalue weighted by molar-refractivity contribution is 0.0771. The molecule has 5 rings (SSSR count). The molecule has 2 heterocycles. The summed E-state index contributed by atoms with van der Waals surface area (Å²) in [6.45, 7) is 3.57. The zero-order valence-electron chi connectivity index (χ0n) is 18.1. The van der Waals surface area contributed by atoms with Crippen LogP contribution in [0.5, 0.6) is 0 Å². The van der Waals surface area contributed by atoms with E-state index in [1.807, 2.05) is 34.9 Å². The van der Waals surface area contributed by atoms with E-state index < -0.39 is 0 Å². The van der Waals surface area contributed by atoms with Crippen molar-refractivity contribution in [2.75, 3.05) is 6.61 Å². The summed E-state index contributed by atoms with van der Waals surface area (Å²) in [6, 6.07) is 12.0. The van der Waals surface area contributed by atoms with Crippen molar-refractivity contribution in [3.8, 4) is 0 Å². The molecule has 2 fully saturated rings. The minimum absolute atomic E-state index is 0.0545. The molecule has 0 unspecified atom stereocenters. The predicted molar refractivity (Wildman–Crippen MR) is 118 cm³/mol. The number of hydrogen-bond donors (Lipinski definition) is 2. The van der Waals surface area contributed by atoms with E-state index in [1.165, 1.54) is 25.7 Å². The van der Waals surface area contributed by atoms with Crippen LogP contribution in [0.2, 0.25) is 0 Å². The van der Waals surface area contributed by atoms with Crippen molar-refractivity contribution >= 4 is 11.8 Å². The molecule has 0 spiro atoms. The van der Waals surface area contributed by atoms with E-state index in [4.69, 9.17) is 4.74 Å². The average molecular weight is 422 g/mol. The largest absolute Gasteiger partial charge is 0.373 e. The van der Waals surface area contributed by atoms with Crippen molar-refractivity contribution in [1.82, 2.24) is 15.2 Å². The summed E-state index contributed by atoms with van der Waals surface area (Å²) < 4.78 is 7.62. The lowest BCUT2D eigenvalue weighted by Gasteiger charge is -2.22. The predicted octanol–water partition coefficient (Wildman–Crippen LogP) is 3.82. The number of aromatic nitrogens is 1. The molecule has 1 atom stereocenters. The van der Waals surface area contributed by atoms with Gasteiger partial charge in [-0.3, -0.25) is 9.59 Å². The Morgan fingerprint density at radius 2 is 1.77 bits per heavy atom. The summed E-state index contributed by atoms with van der Waals surface area (Å²) in [5.74, 6) is 1.06. The van der Waals surface area contributed by atoms with Crippen molar-refractivity contribution in [1.29, 1.82) is 0 Å². The van der Waals surface area contributed by atoms with Crippen molar-refractivity contribution in [2.24, 2.45) is 11.8 Å². The molecule has 2 N–H and O–H groups in total. The fourth-order valence-electron chi connectivity index (χ4n) is 4.81. The fraction of sp³-hybridized carbons (Fsp3) is 0.520. The number of benzene rings is 1. The van der Waals surface area contributed by atoms with Gasteiger partial charge in [0.25, 0.3) is 11.8 Å². The van der Waals surface area contributed by atoms with Crippen molar-refractivity contribution in [3.05, 3.63) is 58.9 Å². The molecule has 3 aliphatic rings. The number of carbonyl (C=O) groups is 2. The molecule has 0 bridgehead atoms. The average Bonchev–Trinajstić information content (AvgIpc) is 3.73. The van der Waals surface area contributed by atoms with Crippen LogP contribution < -0.4 is 10.6 Å². The Balaban J connectivity index is 1.38. The maximum absolute atomic E-state index is 13.2. The highest BCUT2D eigenvalue weighted by Crippen LogP contribution is 2.44. The van der Waals surface area contributed by atoms with Gasteiger partial charge in [-0.25, -0.2) is 0 Å². The summed E-state index contributed by atoms with van der Waals surface area (Å²) in [4.78, 5) is 26.5. The van der Waals surface area contributed by atoms with Crippen LogP contribution in [0.4, 0.5) is 0 Å². The van der Waals surface area contributed by atoms with E-state index in [9.17, 15) is 9.59 Å². The molecule has 2 saturated carbocycles. The highest BCUT2D eigenvalue weighted by atomic mass is 16.5. The first-order valence-corrected chi connectivity index (χ1v) is 11.6. The molecule has 164 valence electrons. The lowest BCUT2D eigenvalue weighted by Crippen LogP contribution is -2.39. The molecule has 6 heteroatoms. The minimum Gasteiger partial charge on any atom is -0.373 e. The zero-order valence-corrected chi connectivity index (χ0v) is 18.1. The van der Waals surface area contributed by atoms with E-state index in [0.29, 0.717) is 48.9 Å². The van der Waals surface area contributed by atoms with Gasteiger partial charge in [0.2, 0.25) is 0 Å². The first kappa shape index (κ1) is 20.3. The molecule has 1 aliphatic heterocycles. The monoisotopic (exact) mass is 421 g/mol. The molecule has 0 radical (unpaired) electrons. The van der Waals surface area contributed by atoms with Gasteiger partial charge in [-0.1, -0.05) is 37.3 Å². The van der Waals surface area contributed by atoms with E-state index in [-0.39, 0.29) is 17.9 Å². The van der Waals surface area contributed by atoms with Gasteiger partial charge in [0.1, 0.15) is 5.69 Å². The third kappa shape index (κ3) is 4.26. The first-order chi connectivity index (χ1) is 15.2. The lowest BCUT2D eigenvalue weighted by atomic mass is 10.0. The van der Waals surface area contributed by atoms with Crippen molar-refractivity contribution in [3.63, 3.8) is 0 Å². The Morgan fingerprint density at radius 3 is 2.42 bits per heavy atom. The second kappa shape index (κ2) is 8.50. The van der Waals surface area contributed by atoms with Crippen LogP contribution in [0, 0.1) is 11.8 Å². The number of fused-ring (bicyclic) bond motifs is 1. The van der Waals surface area contributed by atoms with Gasteiger partial charge in [-0.2, -0.15) is 0 Å². The highest BCUT2D eigenvalue weighted by Gasteiger charge is 2.42. The van der Waals surface area contributed by atoms with Gasteiger partial charge in [0.15, 0.2) is 0 Å². The van der Waals surface area contributed by atoms with Crippen LogP contribution in [0.25, 0.3) is 0 Å². The summed E-state index contributed by atoms with van der Waals surface area (Å²) in [6.07, 6.45) is 5.65.